The molecule has 0 saturated carbocycles. The van der Waals surface area contributed by atoms with Crippen LogP contribution in [0.2, 0.25) is 0 Å². The van der Waals surface area contributed by atoms with Gasteiger partial charge in [-0.05, 0) is 0 Å². The number of nitrogens with one attached hydrogen (secondary N) is 1. The molecule has 1 heterocycles. The van der Waals surface area contributed by atoms with Gasteiger partial charge in [0.15, 0.2) is 0 Å². The van der Waals surface area contributed by atoms with E-state index in [2.05, 4.69) is 5.32 Å². The summed E-state index contributed by atoms with van der Waals surface area (Å²) in [4.78, 5) is 45.5. The van der Waals surface area contributed by atoms with Crippen LogP contribution in [0.4, 0.5) is 0 Å². The fourth-order valence-electron chi connectivity index (χ4n) is 1.92. The van der Waals surface area contributed by atoms with Crippen molar-refractivity contribution in [3.63, 3.8) is 0 Å². The highest BCUT2D eigenvalue weighted by molar-refractivity contribution is 6.13. The van der Waals surface area contributed by atoms with Gasteiger partial charge in [-0.25, -0.2) is 0 Å². The molecule has 1 rings (SSSR count). The van der Waals surface area contributed by atoms with E-state index >= 15 is 0 Å². The smallest absolute Gasteiger partial charge is 0.305 e. The molecule has 3 amide bonds. The van der Waals surface area contributed by atoms with E-state index in [0.717, 1.165) is 4.90 Å². The minimum Gasteiger partial charge on any atom is -0.481 e. The summed E-state index contributed by atoms with van der Waals surface area (Å²) in [6, 6.07) is 0. The van der Waals surface area contributed by atoms with Crippen molar-refractivity contribution < 1.29 is 38.5 Å². The molecule has 1 aliphatic rings. The Morgan fingerprint density at radius 1 is 0.885 bits per heavy atom. The minimum absolute atomic E-state index is 0.0314. The van der Waals surface area contributed by atoms with E-state index in [9.17, 15) is 19.2 Å². The van der Waals surface area contributed by atoms with Crippen molar-refractivity contribution in [2.45, 2.75) is 12.8 Å². The summed E-state index contributed by atoms with van der Waals surface area (Å²) in [6.07, 6.45) is 2.37. The van der Waals surface area contributed by atoms with Gasteiger partial charge in [0.1, 0.15) is 0 Å². The summed E-state index contributed by atoms with van der Waals surface area (Å²) in [6.45, 7) is 2.23. The maximum absolute atomic E-state index is 11.6. The number of carboxylic acid groups (broad SMARTS) is 1. The Bertz CT molecular complexity index is 502. The van der Waals surface area contributed by atoms with Crippen molar-refractivity contribution in [1.29, 1.82) is 0 Å². The Kier molecular flexibility index (Phi) is 10.9. The number of rotatable bonds is 15. The van der Waals surface area contributed by atoms with Gasteiger partial charge in [0.05, 0.1) is 46.1 Å². The fourth-order valence-corrected chi connectivity index (χ4v) is 1.92. The van der Waals surface area contributed by atoms with Crippen molar-refractivity contribution >= 4 is 23.7 Å². The third-order valence-corrected chi connectivity index (χ3v) is 3.24. The van der Waals surface area contributed by atoms with E-state index in [1.54, 1.807) is 0 Å². The van der Waals surface area contributed by atoms with Crippen molar-refractivity contribution in [3.8, 4) is 0 Å². The van der Waals surface area contributed by atoms with Gasteiger partial charge in [-0.3, -0.25) is 24.1 Å². The summed E-state index contributed by atoms with van der Waals surface area (Å²) in [5.41, 5.74) is 0. The normalized spacial score (nSPS) is 13.5. The van der Waals surface area contributed by atoms with Crippen LogP contribution in [-0.2, 0) is 33.4 Å². The number of amides is 3. The Morgan fingerprint density at radius 3 is 2.00 bits per heavy atom. The van der Waals surface area contributed by atoms with E-state index < -0.39 is 17.8 Å². The lowest BCUT2D eigenvalue weighted by molar-refractivity contribution is -0.139. The van der Waals surface area contributed by atoms with E-state index in [4.69, 9.17) is 19.3 Å². The molecule has 0 atom stereocenters. The van der Waals surface area contributed by atoms with Crippen LogP contribution in [0, 0.1) is 0 Å². The maximum atomic E-state index is 11.6. The second kappa shape index (κ2) is 13.0. The highest BCUT2D eigenvalue weighted by Crippen LogP contribution is 2.03. The van der Waals surface area contributed by atoms with E-state index in [0.29, 0.717) is 39.6 Å². The molecule has 0 fully saturated rings. The number of carbonyl (C=O) groups is 4. The maximum Gasteiger partial charge on any atom is 0.305 e. The third kappa shape index (κ3) is 9.87. The lowest BCUT2D eigenvalue weighted by Gasteiger charge is -2.13. The number of hydrogen-bond donors (Lipinski definition) is 2. The number of carbonyl (C=O) groups excluding carboxylic acids is 3. The van der Waals surface area contributed by atoms with Crippen LogP contribution in [0.3, 0.4) is 0 Å². The average molecular weight is 372 g/mol. The SMILES string of the molecule is O=C(O)CCOCCOCCOCCNC(=O)CCN1C(=O)C=CC1=O. The fraction of sp³-hybridized carbons (Fsp3) is 0.625. The van der Waals surface area contributed by atoms with Crippen LogP contribution in [0.5, 0.6) is 0 Å². The molecule has 0 aromatic heterocycles. The van der Waals surface area contributed by atoms with E-state index in [-0.39, 0.29) is 31.9 Å². The Hall–Kier alpha value is -2.30. The number of nitrogens with zero attached hydrogens (tertiary/aromatic N) is 1. The lowest BCUT2D eigenvalue weighted by Crippen LogP contribution is -2.35. The van der Waals surface area contributed by atoms with Gasteiger partial charge in [0, 0.05) is 31.7 Å². The second-order valence-electron chi connectivity index (χ2n) is 5.24. The van der Waals surface area contributed by atoms with Gasteiger partial charge in [-0.2, -0.15) is 0 Å². The summed E-state index contributed by atoms with van der Waals surface area (Å²) in [5.74, 6) is -1.98. The van der Waals surface area contributed by atoms with Crippen LogP contribution in [0.25, 0.3) is 0 Å². The molecular formula is C16H24N2O8. The predicted octanol–water partition coefficient (Wildman–Crippen LogP) is -1.06. The summed E-state index contributed by atoms with van der Waals surface area (Å²) >= 11 is 0. The highest BCUT2D eigenvalue weighted by atomic mass is 16.5. The largest absolute Gasteiger partial charge is 0.481 e. The molecule has 10 heteroatoms. The molecule has 146 valence electrons. The molecule has 2 N–H and O–H groups in total. The second-order valence-corrected chi connectivity index (χ2v) is 5.24. The lowest BCUT2D eigenvalue weighted by atomic mass is 10.3. The van der Waals surface area contributed by atoms with Crippen LogP contribution < -0.4 is 5.32 Å². The number of hydrogen-bond acceptors (Lipinski definition) is 7. The number of imide groups is 1. The molecular weight excluding hydrogens is 348 g/mol. The summed E-state index contributed by atoms with van der Waals surface area (Å²) in [5, 5.41) is 11.0. The van der Waals surface area contributed by atoms with Crippen LogP contribution in [0.1, 0.15) is 12.8 Å². The highest BCUT2D eigenvalue weighted by Gasteiger charge is 2.23. The molecule has 26 heavy (non-hydrogen) atoms. The molecule has 0 unspecified atom stereocenters. The van der Waals surface area contributed by atoms with Crippen molar-refractivity contribution in [2.75, 3.05) is 52.7 Å². The van der Waals surface area contributed by atoms with Crippen LogP contribution in [0.15, 0.2) is 12.2 Å². The van der Waals surface area contributed by atoms with Gasteiger partial charge < -0.3 is 24.6 Å². The first-order valence-corrected chi connectivity index (χ1v) is 8.26. The van der Waals surface area contributed by atoms with Crippen molar-refractivity contribution in [1.82, 2.24) is 10.2 Å². The zero-order valence-electron chi connectivity index (χ0n) is 14.5. The van der Waals surface area contributed by atoms with Gasteiger partial charge in [0.25, 0.3) is 11.8 Å². The summed E-state index contributed by atoms with van der Waals surface area (Å²) < 4.78 is 15.5. The molecule has 0 radical (unpaired) electrons. The third-order valence-electron chi connectivity index (χ3n) is 3.24. The van der Waals surface area contributed by atoms with Crippen molar-refractivity contribution in [3.05, 3.63) is 12.2 Å². The molecule has 0 aromatic carbocycles. The molecule has 0 spiro atoms. The quantitative estimate of drug-likeness (QED) is 0.275. The molecule has 0 saturated heterocycles. The predicted molar refractivity (Wildman–Crippen MR) is 88.2 cm³/mol. The van der Waals surface area contributed by atoms with Gasteiger partial charge in [-0.1, -0.05) is 0 Å². The Labute approximate surface area is 151 Å². The molecule has 0 aliphatic carbocycles. The average Bonchev–Trinajstić information content (AvgIpc) is 2.92. The minimum atomic E-state index is -0.901. The first-order valence-electron chi connectivity index (χ1n) is 8.26. The number of aliphatic carboxylic acids is 1. The van der Waals surface area contributed by atoms with Gasteiger partial charge in [0.2, 0.25) is 5.91 Å². The van der Waals surface area contributed by atoms with Crippen LogP contribution in [-0.4, -0.2) is 86.4 Å². The molecule has 1 aliphatic heterocycles. The summed E-state index contributed by atoms with van der Waals surface area (Å²) in [7, 11) is 0. The molecule has 10 nitrogen and oxygen atoms in total. The standard InChI is InChI=1S/C16H24N2O8/c19-13(3-6-18-14(20)1-2-15(18)21)17-5-8-25-10-12-26-11-9-24-7-4-16(22)23/h1-2H,3-12H2,(H,17,19)(H,22,23). The molecule has 0 bridgehead atoms. The number of ether oxygens (including phenoxy) is 3. The van der Waals surface area contributed by atoms with Crippen molar-refractivity contribution in [2.24, 2.45) is 0 Å². The Morgan fingerprint density at radius 2 is 1.42 bits per heavy atom. The number of carboxylic acids is 1. The van der Waals surface area contributed by atoms with E-state index in [1.165, 1.54) is 12.2 Å². The first kappa shape index (κ1) is 21.7. The van der Waals surface area contributed by atoms with Gasteiger partial charge >= 0.3 is 5.97 Å². The molecule has 0 aromatic rings. The van der Waals surface area contributed by atoms with Gasteiger partial charge in [-0.15, -0.1) is 0 Å². The zero-order valence-corrected chi connectivity index (χ0v) is 14.5. The Balaban J connectivity index is 1.85. The monoisotopic (exact) mass is 372 g/mol. The topological polar surface area (TPSA) is 131 Å². The van der Waals surface area contributed by atoms with Crippen LogP contribution >= 0.6 is 0 Å². The van der Waals surface area contributed by atoms with E-state index in [1.807, 2.05) is 0 Å². The first-order chi connectivity index (χ1) is 12.5. The zero-order chi connectivity index (χ0) is 19.2.